The molecule has 1 fully saturated rings. The topological polar surface area (TPSA) is 131 Å². The number of amides is 1. The van der Waals surface area contributed by atoms with Crippen molar-refractivity contribution in [3.8, 4) is 17.7 Å². The van der Waals surface area contributed by atoms with Crippen LogP contribution in [0.3, 0.4) is 0 Å². The SMILES string of the molecule is Cc1cc(Oc2nc3ccccn3c(=O)c2C=C(C#N)C(=O)NC2CCS(=O)(=O)C2)ccc1Cl. The van der Waals surface area contributed by atoms with Crippen molar-refractivity contribution in [2.75, 3.05) is 11.5 Å². The maximum Gasteiger partial charge on any atom is 0.269 e. The number of nitriles is 1. The van der Waals surface area contributed by atoms with Gasteiger partial charge in [-0.1, -0.05) is 17.7 Å². The van der Waals surface area contributed by atoms with E-state index < -0.39 is 27.3 Å². The van der Waals surface area contributed by atoms with Crippen molar-refractivity contribution in [1.29, 1.82) is 5.26 Å². The van der Waals surface area contributed by atoms with E-state index in [2.05, 4.69) is 10.3 Å². The van der Waals surface area contributed by atoms with Gasteiger partial charge in [0.25, 0.3) is 11.5 Å². The molecule has 9 nitrogen and oxygen atoms in total. The van der Waals surface area contributed by atoms with Crippen LogP contribution in [0.4, 0.5) is 0 Å². The fourth-order valence-electron chi connectivity index (χ4n) is 3.54. The first kappa shape index (κ1) is 23.5. The number of hydrogen-bond donors (Lipinski definition) is 1. The Morgan fingerprint density at radius 3 is 2.82 bits per heavy atom. The molecule has 1 aliphatic heterocycles. The number of ether oxygens (including phenoxy) is 1. The van der Waals surface area contributed by atoms with Crippen LogP contribution < -0.4 is 15.6 Å². The number of carbonyl (C=O) groups excluding carboxylic acids is 1. The van der Waals surface area contributed by atoms with Crippen LogP contribution in [0, 0.1) is 18.3 Å². The number of pyridine rings is 1. The van der Waals surface area contributed by atoms with Crippen LogP contribution in [-0.4, -0.2) is 41.3 Å². The maximum absolute atomic E-state index is 13.2. The van der Waals surface area contributed by atoms with Crippen LogP contribution in [0.1, 0.15) is 17.5 Å². The Morgan fingerprint density at radius 1 is 1.35 bits per heavy atom. The van der Waals surface area contributed by atoms with Crippen LogP contribution in [0.5, 0.6) is 11.6 Å². The van der Waals surface area contributed by atoms with E-state index in [0.29, 0.717) is 16.4 Å². The van der Waals surface area contributed by atoms with Crippen LogP contribution in [0.15, 0.2) is 53.0 Å². The largest absolute Gasteiger partial charge is 0.438 e. The van der Waals surface area contributed by atoms with Gasteiger partial charge in [-0.2, -0.15) is 10.2 Å². The minimum absolute atomic E-state index is 0.0298. The molecule has 4 rings (SSSR count). The Labute approximate surface area is 200 Å². The minimum atomic E-state index is -3.22. The lowest BCUT2D eigenvalue weighted by Gasteiger charge is -2.12. The lowest BCUT2D eigenvalue weighted by molar-refractivity contribution is -0.117. The Kier molecular flexibility index (Phi) is 6.41. The summed E-state index contributed by atoms with van der Waals surface area (Å²) >= 11 is 6.08. The predicted molar refractivity (Wildman–Crippen MR) is 127 cm³/mol. The first-order chi connectivity index (χ1) is 16.2. The molecule has 1 amide bonds. The predicted octanol–water partition coefficient (Wildman–Crippen LogP) is 2.66. The van der Waals surface area contributed by atoms with E-state index >= 15 is 0 Å². The second-order valence-electron chi connectivity index (χ2n) is 7.82. The number of aryl methyl sites for hydroxylation is 1. The number of halogens is 1. The van der Waals surface area contributed by atoms with Gasteiger partial charge in [0.2, 0.25) is 5.88 Å². The molecule has 11 heteroatoms. The van der Waals surface area contributed by atoms with Gasteiger partial charge in [-0.3, -0.25) is 14.0 Å². The van der Waals surface area contributed by atoms with Gasteiger partial charge < -0.3 is 10.1 Å². The van der Waals surface area contributed by atoms with Gasteiger partial charge in [0, 0.05) is 17.3 Å². The molecular formula is C23H19ClN4O5S. The summed E-state index contributed by atoms with van der Waals surface area (Å²) in [4.78, 5) is 30.3. The quantitative estimate of drug-likeness (QED) is 0.422. The number of nitrogens with zero attached hydrogens (tertiary/aromatic N) is 3. The van der Waals surface area contributed by atoms with Crippen LogP contribution in [0.25, 0.3) is 11.7 Å². The molecule has 1 N–H and O–H groups in total. The van der Waals surface area contributed by atoms with Gasteiger partial charge in [-0.25, -0.2) is 8.42 Å². The van der Waals surface area contributed by atoms with Gasteiger partial charge in [-0.15, -0.1) is 0 Å². The number of sulfone groups is 1. The van der Waals surface area contributed by atoms with Crippen LogP contribution in [-0.2, 0) is 14.6 Å². The third kappa shape index (κ3) is 4.95. The lowest BCUT2D eigenvalue weighted by Crippen LogP contribution is -2.36. The van der Waals surface area contributed by atoms with Crippen LogP contribution in [0.2, 0.25) is 5.02 Å². The number of benzene rings is 1. The fourth-order valence-corrected chi connectivity index (χ4v) is 5.33. The highest BCUT2D eigenvalue weighted by molar-refractivity contribution is 7.91. The van der Waals surface area contributed by atoms with Gasteiger partial charge >= 0.3 is 0 Å². The highest BCUT2D eigenvalue weighted by atomic mass is 35.5. The van der Waals surface area contributed by atoms with E-state index in [0.717, 1.165) is 11.6 Å². The second kappa shape index (κ2) is 9.29. The summed E-state index contributed by atoms with van der Waals surface area (Å²) in [6.45, 7) is 1.79. The van der Waals surface area contributed by atoms with Crippen LogP contribution >= 0.6 is 11.6 Å². The smallest absolute Gasteiger partial charge is 0.269 e. The number of fused-ring (bicyclic) bond motifs is 1. The normalized spacial score (nSPS) is 17.3. The summed E-state index contributed by atoms with van der Waals surface area (Å²) in [7, 11) is -3.22. The summed E-state index contributed by atoms with van der Waals surface area (Å²) in [5.74, 6) is -0.736. The Balaban J connectivity index is 1.76. The number of rotatable bonds is 5. The standard InChI is InChI=1S/C23H19ClN4O5S/c1-14-10-17(5-6-19(14)24)33-22-18(23(30)28-8-3-2-4-20(28)27-22)11-15(12-25)21(29)26-16-7-9-34(31,32)13-16/h2-6,8,10-11,16H,7,9,13H2,1H3,(H,26,29). The molecular weight excluding hydrogens is 480 g/mol. The third-order valence-electron chi connectivity index (χ3n) is 5.30. The zero-order chi connectivity index (χ0) is 24.5. The molecule has 1 aliphatic rings. The first-order valence-electron chi connectivity index (χ1n) is 10.3. The summed E-state index contributed by atoms with van der Waals surface area (Å²) in [5.41, 5.74) is 0.0235. The van der Waals surface area contributed by atoms with Crippen molar-refractivity contribution in [3.05, 3.63) is 74.7 Å². The monoisotopic (exact) mass is 498 g/mol. The summed E-state index contributed by atoms with van der Waals surface area (Å²) in [6.07, 6.45) is 2.87. The molecule has 0 radical (unpaired) electrons. The summed E-state index contributed by atoms with van der Waals surface area (Å²) < 4.78 is 30.5. The maximum atomic E-state index is 13.2. The molecule has 1 saturated heterocycles. The molecule has 0 saturated carbocycles. The highest BCUT2D eigenvalue weighted by Gasteiger charge is 2.30. The number of hydrogen-bond acceptors (Lipinski definition) is 7. The van der Waals surface area contributed by atoms with Crippen molar-refractivity contribution in [1.82, 2.24) is 14.7 Å². The van der Waals surface area contributed by atoms with Crippen molar-refractivity contribution in [3.63, 3.8) is 0 Å². The van der Waals surface area contributed by atoms with E-state index in [1.54, 1.807) is 49.4 Å². The molecule has 3 heterocycles. The molecule has 1 aromatic carbocycles. The zero-order valence-corrected chi connectivity index (χ0v) is 19.6. The molecule has 0 bridgehead atoms. The zero-order valence-electron chi connectivity index (χ0n) is 18.0. The molecule has 0 spiro atoms. The number of carbonyl (C=O) groups is 1. The molecule has 2 aromatic heterocycles. The van der Waals surface area contributed by atoms with Crippen molar-refractivity contribution in [2.24, 2.45) is 0 Å². The molecule has 1 unspecified atom stereocenters. The molecule has 0 aliphatic carbocycles. The average molecular weight is 499 g/mol. The second-order valence-corrected chi connectivity index (χ2v) is 10.5. The van der Waals surface area contributed by atoms with Gasteiger partial charge in [-0.05, 0) is 55.3 Å². The van der Waals surface area contributed by atoms with E-state index in [1.165, 1.54) is 10.6 Å². The molecule has 3 aromatic rings. The van der Waals surface area contributed by atoms with Gasteiger partial charge in [0.15, 0.2) is 9.84 Å². The van der Waals surface area contributed by atoms with Crippen molar-refractivity contribution in [2.45, 2.75) is 19.4 Å². The Morgan fingerprint density at radius 2 is 2.15 bits per heavy atom. The minimum Gasteiger partial charge on any atom is -0.438 e. The highest BCUT2D eigenvalue weighted by Crippen LogP contribution is 2.27. The van der Waals surface area contributed by atoms with Crippen molar-refractivity contribution >= 4 is 39.1 Å². The average Bonchev–Trinajstić information content (AvgIpc) is 3.14. The Hall–Kier alpha value is -3.68. The van der Waals surface area contributed by atoms with Crippen molar-refractivity contribution < 1.29 is 17.9 Å². The third-order valence-corrected chi connectivity index (χ3v) is 7.49. The number of aromatic nitrogens is 2. The Bertz CT molecular complexity index is 1540. The summed E-state index contributed by atoms with van der Waals surface area (Å²) in [5, 5.41) is 12.7. The van der Waals surface area contributed by atoms with E-state index in [-0.39, 0.29) is 34.9 Å². The van der Waals surface area contributed by atoms with E-state index in [4.69, 9.17) is 16.3 Å². The van der Waals surface area contributed by atoms with E-state index in [1.807, 2.05) is 0 Å². The number of nitrogens with one attached hydrogen (secondary N) is 1. The lowest BCUT2D eigenvalue weighted by atomic mass is 10.1. The van der Waals surface area contributed by atoms with Gasteiger partial charge in [0.05, 0.1) is 11.5 Å². The van der Waals surface area contributed by atoms with E-state index in [9.17, 15) is 23.3 Å². The molecule has 34 heavy (non-hydrogen) atoms. The summed E-state index contributed by atoms with van der Waals surface area (Å²) in [6, 6.07) is 11.1. The molecule has 1 atom stereocenters. The first-order valence-corrected chi connectivity index (χ1v) is 12.5. The fraction of sp³-hybridized carbons (Fsp3) is 0.217. The molecule has 174 valence electrons. The van der Waals surface area contributed by atoms with Gasteiger partial charge in [0.1, 0.15) is 28.6 Å².